The molecule has 0 aliphatic heterocycles. The van der Waals surface area contributed by atoms with Crippen molar-refractivity contribution in [1.82, 2.24) is 0 Å². The molecule has 0 bridgehead atoms. The van der Waals surface area contributed by atoms with Gasteiger partial charge in [-0.3, -0.25) is 0 Å². The number of fused-ring (bicyclic) bond motifs is 5. The molecule has 0 saturated heterocycles. The normalized spacial score (nSPS) is 42.2. The Kier molecular flexibility index (Phi) is 7.82. The first-order valence-electron chi connectivity index (χ1n) is 14.3. The molecule has 32 heavy (non-hydrogen) atoms. The van der Waals surface area contributed by atoms with Crippen LogP contribution in [0.4, 0.5) is 0 Å². The Labute approximate surface area is 199 Å². The average molecular weight is 444 g/mol. The van der Waals surface area contributed by atoms with Crippen molar-refractivity contribution in [3.05, 3.63) is 11.6 Å². The van der Waals surface area contributed by atoms with E-state index in [1.165, 1.54) is 70.6 Å². The molecule has 0 radical (unpaired) electrons. The minimum atomic E-state index is 0.439. The molecule has 0 aromatic rings. The van der Waals surface area contributed by atoms with E-state index in [0.717, 1.165) is 55.1 Å². The van der Waals surface area contributed by atoms with E-state index in [4.69, 9.17) is 10.5 Å². The van der Waals surface area contributed by atoms with Crippen LogP contribution in [-0.4, -0.2) is 19.3 Å². The van der Waals surface area contributed by atoms with Gasteiger partial charge in [0.05, 0.1) is 6.10 Å². The molecule has 2 nitrogen and oxygen atoms in total. The fourth-order valence-corrected chi connectivity index (χ4v) is 9.13. The standard InChI is InChI=1S/C30H53NO/c1-21(2)8-6-9-22(3)26-12-13-27-25-11-10-23-20-24(32-19-7-18-31)14-16-29(23,4)28(25)15-17-30(26,27)5/h10,21-22,24-28H,6-9,11-20,31H2,1-5H3/t22-,24+,25?,26-,27+,28+,29+,30-/m1/s1. The molecule has 4 aliphatic rings. The molecule has 0 amide bonds. The van der Waals surface area contributed by atoms with Gasteiger partial charge in [0.2, 0.25) is 0 Å². The molecule has 2 N–H and O–H groups in total. The summed E-state index contributed by atoms with van der Waals surface area (Å²) >= 11 is 0. The van der Waals surface area contributed by atoms with Crippen molar-refractivity contribution in [1.29, 1.82) is 0 Å². The topological polar surface area (TPSA) is 35.2 Å². The maximum atomic E-state index is 6.21. The van der Waals surface area contributed by atoms with Crippen molar-refractivity contribution >= 4 is 0 Å². The first-order chi connectivity index (χ1) is 15.3. The number of ether oxygens (including phenoxy) is 1. The first kappa shape index (κ1) is 24.8. The summed E-state index contributed by atoms with van der Waals surface area (Å²) in [6.07, 6.45) is 19.5. The lowest BCUT2D eigenvalue weighted by Crippen LogP contribution is -2.51. The van der Waals surface area contributed by atoms with Crippen LogP contribution in [0, 0.1) is 46.3 Å². The van der Waals surface area contributed by atoms with E-state index in [1.807, 2.05) is 0 Å². The number of allylic oxidation sites excluding steroid dienone is 1. The molecule has 3 fully saturated rings. The Morgan fingerprint density at radius 1 is 1.00 bits per heavy atom. The molecule has 8 atom stereocenters. The van der Waals surface area contributed by atoms with Gasteiger partial charge in [-0.15, -0.1) is 0 Å². The zero-order valence-electron chi connectivity index (χ0n) is 22.0. The van der Waals surface area contributed by atoms with E-state index in [-0.39, 0.29) is 0 Å². The molecular formula is C30H53NO. The minimum Gasteiger partial charge on any atom is -0.378 e. The second kappa shape index (κ2) is 10.1. The van der Waals surface area contributed by atoms with E-state index < -0.39 is 0 Å². The van der Waals surface area contributed by atoms with Crippen molar-refractivity contribution in [3.63, 3.8) is 0 Å². The van der Waals surface area contributed by atoms with Crippen molar-refractivity contribution in [3.8, 4) is 0 Å². The SMILES string of the molecule is CC(C)CCC[C@@H](C)[C@H]1CC[C@H]2C3CC=C4C[C@@H](OCCCN)CC[C@]4(C)[C@H]3CC[C@]12C. The van der Waals surface area contributed by atoms with Crippen LogP contribution >= 0.6 is 0 Å². The Balaban J connectivity index is 1.42. The lowest BCUT2D eigenvalue weighted by Gasteiger charge is -2.58. The van der Waals surface area contributed by atoms with Gasteiger partial charge in [-0.2, -0.15) is 0 Å². The van der Waals surface area contributed by atoms with E-state index in [1.54, 1.807) is 5.57 Å². The first-order valence-corrected chi connectivity index (χ1v) is 14.3. The summed E-state index contributed by atoms with van der Waals surface area (Å²) in [4.78, 5) is 0. The summed E-state index contributed by atoms with van der Waals surface area (Å²) in [5, 5.41) is 0. The summed E-state index contributed by atoms with van der Waals surface area (Å²) in [5.41, 5.74) is 8.47. The molecule has 0 heterocycles. The molecule has 0 spiro atoms. The van der Waals surface area contributed by atoms with Crippen molar-refractivity contribution in [2.75, 3.05) is 13.2 Å². The van der Waals surface area contributed by atoms with Gasteiger partial charge in [-0.1, -0.05) is 65.5 Å². The molecule has 2 heteroatoms. The van der Waals surface area contributed by atoms with E-state index in [0.29, 0.717) is 16.9 Å². The third-order valence-corrected chi connectivity index (χ3v) is 11.0. The fourth-order valence-electron chi connectivity index (χ4n) is 9.13. The van der Waals surface area contributed by atoms with Crippen LogP contribution < -0.4 is 5.73 Å². The van der Waals surface area contributed by atoms with Crippen LogP contribution in [0.2, 0.25) is 0 Å². The summed E-state index contributed by atoms with van der Waals surface area (Å²) in [7, 11) is 0. The zero-order valence-corrected chi connectivity index (χ0v) is 22.0. The quantitative estimate of drug-likeness (QED) is 0.292. The van der Waals surface area contributed by atoms with Gasteiger partial charge in [0.1, 0.15) is 0 Å². The summed E-state index contributed by atoms with van der Waals surface area (Å²) in [6, 6.07) is 0. The third-order valence-electron chi connectivity index (χ3n) is 11.0. The van der Waals surface area contributed by atoms with Gasteiger partial charge < -0.3 is 10.5 Å². The molecular weight excluding hydrogens is 390 g/mol. The number of hydrogen-bond donors (Lipinski definition) is 1. The van der Waals surface area contributed by atoms with Gasteiger partial charge >= 0.3 is 0 Å². The number of nitrogens with two attached hydrogens (primary N) is 1. The highest BCUT2D eigenvalue weighted by Crippen LogP contribution is 2.67. The second-order valence-electron chi connectivity index (χ2n) is 13.2. The lowest BCUT2D eigenvalue weighted by molar-refractivity contribution is -0.0639. The molecule has 0 aromatic carbocycles. The highest BCUT2D eigenvalue weighted by molar-refractivity contribution is 5.25. The number of hydrogen-bond acceptors (Lipinski definition) is 2. The zero-order chi connectivity index (χ0) is 22.9. The minimum absolute atomic E-state index is 0.439. The van der Waals surface area contributed by atoms with Gasteiger partial charge in [0.25, 0.3) is 0 Å². The van der Waals surface area contributed by atoms with Gasteiger partial charge in [0.15, 0.2) is 0 Å². The summed E-state index contributed by atoms with van der Waals surface area (Å²) in [5.74, 6) is 5.55. The Morgan fingerprint density at radius 2 is 1.81 bits per heavy atom. The highest BCUT2D eigenvalue weighted by Gasteiger charge is 2.59. The van der Waals surface area contributed by atoms with Crippen LogP contribution in [0.15, 0.2) is 11.6 Å². The lowest BCUT2D eigenvalue weighted by atomic mass is 9.47. The van der Waals surface area contributed by atoms with Gasteiger partial charge in [0, 0.05) is 6.61 Å². The molecule has 0 aromatic heterocycles. The van der Waals surface area contributed by atoms with Crippen molar-refractivity contribution in [2.45, 2.75) is 118 Å². The van der Waals surface area contributed by atoms with Crippen LogP contribution in [0.25, 0.3) is 0 Å². The maximum Gasteiger partial charge on any atom is 0.0612 e. The van der Waals surface area contributed by atoms with E-state index in [2.05, 4.69) is 40.7 Å². The van der Waals surface area contributed by atoms with Gasteiger partial charge in [-0.25, -0.2) is 0 Å². The Morgan fingerprint density at radius 3 is 2.56 bits per heavy atom. The molecule has 1 unspecified atom stereocenters. The van der Waals surface area contributed by atoms with Crippen molar-refractivity contribution in [2.24, 2.45) is 52.1 Å². The second-order valence-corrected chi connectivity index (χ2v) is 13.2. The molecule has 184 valence electrons. The van der Waals surface area contributed by atoms with Crippen LogP contribution in [-0.2, 0) is 4.74 Å². The summed E-state index contributed by atoms with van der Waals surface area (Å²) in [6.45, 7) is 14.3. The van der Waals surface area contributed by atoms with Crippen LogP contribution in [0.1, 0.15) is 112 Å². The molecule has 3 saturated carbocycles. The fraction of sp³-hybridized carbons (Fsp3) is 0.933. The van der Waals surface area contributed by atoms with Gasteiger partial charge in [-0.05, 0) is 111 Å². The average Bonchev–Trinajstić information content (AvgIpc) is 3.11. The smallest absolute Gasteiger partial charge is 0.0612 e. The molecule has 4 rings (SSSR count). The highest BCUT2D eigenvalue weighted by atomic mass is 16.5. The number of rotatable bonds is 9. The van der Waals surface area contributed by atoms with Crippen LogP contribution in [0.5, 0.6) is 0 Å². The van der Waals surface area contributed by atoms with E-state index >= 15 is 0 Å². The van der Waals surface area contributed by atoms with Crippen LogP contribution in [0.3, 0.4) is 0 Å². The predicted molar refractivity (Wildman–Crippen MR) is 136 cm³/mol. The predicted octanol–water partition coefficient (Wildman–Crippen LogP) is 7.76. The largest absolute Gasteiger partial charge is 0.378 e. The summed E-state index contributed by atoms with van der Waals surface area (Å²) < 4.78 is 6.21. The van der Waals surface area contributed by atoms with Crippen molar-refractivity contribution < 1.29 is 4.74 Å². The monoisotopic (exact) mass is 443 g/mol. The maximum absolute atomic E-state index is 6.21. The Hall–Kier alpha value is -0.340. The third kappa shape index (κ3) is 4.61. The Bertz CT molecular complexity index is 655. The molecule has 4 aliphatic carbocycles. The van der Waals surface area contributed by atoms with E-state index in [9.17, 15) is 0 Å².